The maximum atomic E-state index is 4.48. The van der Waals surface area contributed by atoms with Crippen LogP contribution in [-0.2, 0) is 13.0 Å². The largest absolute Gasteiger partial charge is 0.335 e. The van der Waals surface area contributed by atoms with Crippen LogP contribution in [0.5, 0.6) is 0 Å². The fourth-order valence-corrected chi connectivity index (χ4v) is 3.06. The Morgan fingerprint density at radius 1 is 1.39 bits per heavy atom. The van der Waals surface area contributed by atoms with Crippen LogP contribution in [0, 0.1) is 5.92 Å². The molecule has 1 heterocycles. The number of likely N-dealkylation sites (N-methyl/N-ethyl adjacent to an activating group) is 1. The van der Waals surface area contributed by atoms with Gasteiger partial charge < -0.3 is 9.88 Å². The molecule has 4 heteroatoms. The van der Waals surface area contributed by atoms with Gasteiger partial charge in [0.05, 0.1) is 0 Å². The molecule has 18 heavy (non-hydrogen) atoms. The van der Waals surface area contributed by atoms with Crippen LogP contribution in [0.25, 0.3) is 0 Å². The van der Waals surface area contributed by atoms with E-state index >= 15 is 0 Å². The lowest BCUT2D eigenvalue weighted by Gasteiger charge is -2.17. The molecule has 104 valence electrons. The summed E-state index contributed by atoms with van der Waals surface area (Å²) < 4.78 is 2.28. The zero-order chi connectivity index (χ0) is 13.4. The smallest absolute Gasteiger partial charge is 0.110 e. The number of nitrogens with zero attached hydrogens (tertiary/aromatic N) is 2. The lowest BCUT2D eigenvalue weighted by molar-refractivity contribution is 0.559. The Morgan fingerprint density at radius 2 is 2.17 bits per heavy atom. The number of thioether (sulfide) groups is 1. The summed E-state index contributed by atoms with van der Waals surface area (Å²) in [6.45, 7) is 7.83. The second kappa shape index (κ2) is 8.59. The first-order valence-corrected chi connectivity index (χ1v) is 8.07. The molecule has 0 aromatic carbocycles. The van der Waals surface area contributed by atoms with Crippen molar-refractivity contribution in [1.82, 2.24) is 14.9 Å². The summed E-state index contributed by atoms with van der Waals surface area (Å²) in [5.41, 5.74) is 0. The van der Waals surface area contributed by atoms with E-state index in [1.807, 2.05) is 25.0 Å². The quantitative estimate of drug-likeness (QED) is 0.747. The second-order valence-electron chi connectivity index (χ2n) is 5.16. The Hall–Kier alpha value is -0.480. The zero-order valence-corrected chi connectivity index (χ0v) is 13.0. The van der Waals surface area contributed by atoms with Gasteiger partial charge in [-0.05, 0) is 25.1 Å². The Labute approximate surface area is 116 Å². The molecule has 0 fully saturated rings. The number of rotatable bonds is 9. The zero-order valence-electron chi connectivity index (χ0n) is 12.1. The highest BCUT2D eigenvalue weighted by molar-refractivity contribution is 7.99. The maximum absolute atomic E-state index is 4.48. The monoisotopic (exact) mass is 269 g/mol. The van der Waals surface area contributed by atoms with Crippen molar-refractivity contribution in [2.45, 2.75) is 46.2 Å². The predicted octanol–water partition coefficient (Wildman–Crippen LogP) is 2.81. The van der Waals surface area contributed by atoms with Gasteiger partial charge in [0.25, 0.3) is 0 Å². The van der Waals surface area contributed by atoms with E-state index in [1.165, 1.54) is 11.6 Å². The first-order valence-electron chi connectivity index (χ1n) is 6.92. The highest BCUT2D eigenvalue weighted by atomic mass is 32.2. The van der Waals surface area contributed by atoms with Crippen LogP contribution in [0.2, 0.25) is 0 Å². The first-order chi connectivity index (χ1) is 8.67. The molecule has 1 aromatic heterocycles. The SMILES string of the molecule is CCCn1ccnc1CC(CSCC(C)C)NC. The van der Waals surface area contributed by atoms with Crippen molar-refractivity contribution in [1.29, 1.82) is 0 Å². The van der Waals surface area contributed by atoms with E-state index < -0.39 is 0 Å². The Balaban J connectivity index is 2.43. The van der Waals surface area contributed by atoms with Crippen molar-refractivity contribution in [3.8, 4) is 0 Å². The van der Waals surface area contributed by atoms with Crippen molar-refractivity contribution in [3.63, 3.8) is 0 Å². The number of hydrogen-bond donors (Lipinski definition) is 1. The van der Waals surface area contributed by atoms with Gasteiger partial charge in [0.1, 0.15) is 5.82 Å². The molecule has 1 unspecified atom stereocenters. The van der Waals surface area contributed by atoms with Gasteiger partial charge in [-0.25, -0.2) is 4.98 Å². The van der Waals surface area contributed by atoms with Crippen LogP contribution >= 0.6 is 11.8 Å². The van der Waals surface area contributed by atoms with Gasteiger partial charge in [-0.3, -0.25) is 0 Å². The van der Waals surface area contributed by atoms with Crippen LogP contribution in [-0.4, -0.2) is 34.1 Å². The van der Waals surface area contributed by atoms with Gasteiger partial charge in [0.15, 0.2) is 0 Å². The average molecular weight is 269 g/mol. The molecule has 0 saturated heterocycles. The van der Waals surface area contributed by atoms with Crippen LogP contribution in [0.15, 0.2) is 12.4 Å². The molecule has 1 atom stereocenters. The molecule has 1 rings (SSSR count). The first kappa shape index (κ1) is 15.6. The van der Waals surface area contributed by atoms with Crippen LogP contribution in [0.1, 0.15) is 33.0 Å². The number of aromatic nitrogens is 2. The third-order valence-corrected chi connectivity index (χ3v) is 4.41. The minimum Gasteiger partial charge on any atom is -0.335 e. The number of nitrogens with one attached hydrogen (secondary N) is 1. The molecule has 0 amide bonds. The molecule has 0 spiro atoms. The molecule has 0 aliphatic carbocycles. The number of hydrogen-bond acceptors (Lipinski definition) is 3. The van der Waals surface area contributed by atoms with Crippen molar-refractivity contribution < 1.29 is 0 Å². The maximum Gasteiger partial charge on any atom is 0.110 e. The Bertz CT molecular complexity index is 323. The van der Waals surface area contributed by atoms with Gasteiger partial charge in [-0.1, -0.05) is 20.8 Å². The summed E-state index contributed by atoms with van der Waals surface area (Å²) >= 11 is 2.04. The summed E-state index contributed by atoms with van der Waals surface area (Å²) in [6, 6.07) is 0.520. The van der Waals surface area contributed by atoms with E-state index in [4.69, 9.17) is 0 Å². The van der Waals surface area contributed by atoms with Crippen LogP contribution in [0.3, 0.4) is 0 Å². The summed E-state index contributed by atoms with van der Waals surface area (Å²) in [5.74, 6) is 4.38. The van der Waals surface area contributed by atoms with Gasteiger partial charge in [-0.2, -0.15) is 11.8 Å². The standard InChI is InChI=1S/C14H27N3S/c1-5-7-17-8-6-16-14(17)9-13(15-4)11-18-10-12(2)3/h6,8,12-13,15H,5,7,9-11H2,1-4H3. The Morgan fingerprint density at radius 3 is 2.78 bits per heavy atom. The van der Waals surface area contributed by atoms with Gasteiger partial charge in [-0.15, -0.1) is 0 Å². The van der Waals surface area contributed by atoms with Gasteiger partial charge in [0, 0.05) is 37.2 Å². The molecule has 0 aliphatic rings. The van der Waals surface area contributed by atoms with Gasteiger partial charge >= 0.3 is 0 Å². The van der Waals surface area contributed by atoms with E-state index in [2.05, 4.69) is 41.8 Å². The molecule has 1 N–H and O–H groups in total. The summed E-state index contributed by atoms with van der Waals surface area (Å²) in [7, 11) is 2.05. The lowest BCUT2D eigenvalue weighted by Crippen LogP contribution is -2.31. The second-order valence-corrected chi connectivity index (χ2v) is 6.23. The lowest BCUT2D eigenvalue weighted by atomic mass is 10.2. The minimum absolute atomic E-state index is 0.520. The third-order valence-electron chi connectivity index (χ3n) is 2.87. The summed E-state index contributed by atoms with van der Waals surface area (Å²) in [6.07, 6.45) is 6.19. The molecule has 0 bridgehead atoms. The molecule has 0 radical (unpaired) electrons. The Kier molecular flexibility index (Phi) is 7.44. The highest BCUT2D eigenvalue weighted by Crippen LogP contribution is 2.12. The third kappa shape index (κ3) is 5.44. The molecule has 3 nitrogen and oxygen atoms in total. The molecule has 0 aliphatic heterocycles. The minimum atomic E-state index is 0.520. The van der Waals surface area contributed by atoms with E-state index in [1.54, 1.807) is 0 Å². The van der Waals surface area contributed by atoms with Crippen molar-refractivity contribution in [2.75, 3.05) is 18.6 Å². The van der Waals surface area contributed by atoms with Crippen LogP contribution < -0.4 is 5.32 Å². The van der Waals surface area contributed by atoms with Gasteiger partial charge in [0.2, 0.25) is 0 Å². The predicted molar refractivity (Wildman–Crippen MR) is 81.2 cm³/mol. The average Bonchev–Trinajstić information content (AvgIpc) is 2.75. The molecule has 0 saturated carbocycles. The molecular formula is C14H27N3S. The van der Waals surface area contributed by atoms with Crippen molar-refractivity contribution in [2.24, 2.45) is 5.92 Å². The topological polar surface area (TPSA) is 29.9 Å². The van der Waals surface area contributed by atoms with E-state index in [9.17, 15) is 0 Å². The highest BCUT2D eigenvalue weighted by Gasteiger charge is 2.11. The summed E-state index contributed by atoms with van der Waals surface area (Å²) in [5, 5.41) is 3.41. The summed E-state index contributed by atoms with van der Waals surface area (Å²) in [4.78, 5) is 4.48. The van der Waals surface area contributed by atoms with Crippen LogP contribution in [0.4, 0.5) is 0 Å². The molecule has 1 aromatic rings. The normalized spacial score (nSPS) is 13.2. The molecular weight excluding hydrogens is 242 g/mol. The number of aryl methyl sites for hydroxylation is 1. The van der Waals surface area contributed by atoms with Crippen molar-refractivity contribution in [3.05, 3.63) is 18.2 Å². The van der Waals surface area contributed by atoms with Crippen molar-refractivity contribution >= 4 is 11.8 Å². The van der Waals surface area contributed by atoms with E-state index in [-0.39, 0.29) is 0 Å². The number of imidazole rings is 1. The fourth-order valence-electron chi connectivity index (χ4n) is 1.89. The van der Waals surface area contributed by atoms with E-state index in [0.717, 1.165) is 31.1 Å². The fraction of sp³-hybridized carbons (Fsp3) is 0.786. The van der Waals surface area contributed by atoms with E-state index in [0.29, 0.717) is 6.04 Å².